The van der Waals surface area contributed by atoms with Crippen LogP contribution in [0.25, 0.3) is 11.8 Å². The number of methoxy groups -OCH3 is 4. The van der Waals surface area contributed by atoms with E-state index >= 15 is 0 Å². The van der Waals surface area contributed by atoms with Crippen LogP contribution >= 0.6 is 0 Å². The second-order valence-electron chi connectivity index (χ2n) is 4.97. The molecule has 0 fully saturated rings. The zero-order chi connectivity index (χ0) is 18.4. The molecule has 0 aromatic heterocycles. The molecule has 0 heterocycles. The first-order valence-electron chi connectivity index (χ1n) is 7.34. The number of nitrogens with zero attached hydrogens (tertiary/aromatic N) is 1. The molecule has 2 aromatic carbocycles. The Bertz CT molecular complexity index is 758. The second-order valence-corrected chi connectivity index (χ2v) is 4.97. The zero-order valence-corrected chi connectivity index (χ0v) is 14.4. The minimum Gasteiger partial charge on any atom is -0.497 e. The van der Waals surface area contributed by atoms with Gasteiger partial charge in [0.05, 0.1) is 38.9 Å². The maximum atomic E-state index is 11.5. The normalized spacial score (nSPS) is 11.0. The summed E-state index contributed by atoms with van der Waals surface area (Å²) in [5.74, 6) is 1.89. The van der Waals surface area contributed by atoms with E-state index in [9.17, 15) is 10.1 Å². The Balaban J connectivity index is 2.54. The van der Waals surface area contributed by atoms with E-state index in [1.165, 1.54) is 34.5 Å². The summed E-state index contributed by atoms with van der Waals surface area (Å²) in [4.78, 5) is 11.1. The van der Waals surface area contributed by atoms with Gasteiger partial charge in [0, 0.05) is 6.08 Å². The fourth-order valence-electron chi connectivity index (χ4n) is 2.35. The average Bonchev–Trinajstić information content (AvgIpc) is 2.64. The highest BCUT2D eigenvalue weighted by Crippen LogP contribution is 2.39. The maximum absolute atomic E-state index is 11.5. The standard InChI is InChI=1S/C18H19NO6/c1-22-14-7-5-13(6-8-14)15(19(20)21)9-12-10-16(23-2)18(25-4)17(11-12)24-3/h5-11H,1-4H3. The van der Waals surface area contributed by atoms with Crippen molar-refractivity contribution in [3.05, 3.63) is 57.6 Å². The molecule has 132 valence electrons. The Morgan fingerprint density at radius 1 is 0.920 bits per heavy atom. The average molecular weight is 345 g/mol. The molecule has 7 heteroatoms. The molecule has 0 amide bonds. The van der Waals surface area contributed by atoms with Gasteiger partial charge in [0.25, 0.3) is 5.70 Å². The molecule has 0 N–H and O–H groups in total. The summed E-state index contributed by atoms with van der Waals surface area (Å²) < 4.78 is 20.9. The summed E-state index contributed by atoms with van der Waals surface area (Å²) in [5.41, 5.74) is 0.952. The lowest BCUT2D eigenvalue weighted by atomic mass is 10.1. The van der Waals surface area contributed by atoms with Gasteiger partial charge in [-0.2, -0.15) is 0 Å². The highest BCUT2D eigenvalue weighted by molar-refractivity contribution is 5.78. The molecule has 0 saturated carbocycles. The number of benzene rings is 2. The van der Waals surface area contributed by atoms with E-state index in [2.05, 4.69) is 0 Å². The van der Waals surface area contributed by atoms with Crippen LogP contribution in [0.4, 0.5) is 0 Å². The molecule has 2 aromatic rings. The van der Waals surface area contributed by atoms with Crippen LogP contribution in [0.3, 0.4) is 0 Å². The van der Waals surface area contributed by atoms with Crippen LogP contribution < -0.4 is 18.9 Å². The van der Waals surface area contributed by atoms with E-state index < -0.39 is 4.92 Å². The molecule has 7 nitrogen and oxygen atoms in total. The van der Waals surface area contributed by atoms with Gasteiger partial charge in [0.1, 0.15) is 5.75 Å². The summed E-state index contributed by atoms with van der Waals surface area (Å²) in [5, 5.41) is 11.5. The van der Waals surface area contributed by atoms with Gasteiger partial charge in [-0.25, -0.2) is 0 Å². The quantitative estimate of drug-likeness (QED) is 0.434. The lowest BCUT2D eigenvalue weighted by Crippen LogP contribution is -1.99. The fraction of sp³-hybridized carbons (Fsp3) is 0.222. The number of hydrogen-bond donors (Lipinski definition) is 0. The third-order valence-corrected chi connectivity index (χ3v) is 3.57. The predicted molar refractivity (Wildman–Crippen MR) is 94.0 cm³/mol. The van der Waals surface area contributed by atoms with Crippen molar-refractivity contribution in [3.63, 3.8) is 0 Å². The number of hydrogen-bond acceptors (Lipinski definition) is 6. The number of rotatable bonds is 7. The Morgan fingerprint density at radius 2 is 1.48 bits per heavy atom. The molecule has 0 spiro atoms. The third-order valence-electron chi connectivity index (χ3n) is 3.57. The van der Waals surface area contributed by atoms with Crippen molar-refractivity contribution in [2.45, 2.75) is 0 Å². The van der Waals surface area contributed by atoms with Crippen molar-refractivity contribution in [1.82, 2.24) is 0 Å². The Hall–Kier alpha value is -3.22. The molecule has 0 unspecified atom stereocenters. The van der Waals surface area contributed by atoms with Gasteiger partial charge in [0.2, 0.25) is 5.75 Å². The van der Waals surface area contributed by atoms with Crippen LogP contribution in [-0.2, 0) is 0 Å². The summed E-state index contributed by atoms with van der Waals surface area (Å²) in [7, 11) is 6.01. The van der Waals surface area contributed by atoms with Crippen LogP contribution in [0.2, 0.25) is 0 Å². The first-order chi connectivity index (χ1) is 12.0. The lowest BCUT2D eigenvalue weighted by Gasteiger charge is -2.13. The van der Waals surface area contributed by atoms with Crippen LogP contribution in [0.1, 0.15) is 11.1 Å². The molecule has 0 bridgehead atoms. The Labute approximate surface area is 145 Å². The number of nitro groups is 1. The molecule has 0 saturated heterocycles. The van der Waals surface area contributed by atoms with Gasteiger partial charge in [-0.05, 0) is 42.0 Å². The molecule has 2 rings (SSSR count). The predicted octanol–water partition coefficient (Wildman–Crippen LogP) is 3.50. The monoisotopic (exact) mass is 345 g/mol. The molecule has 25 heavy (non-hydrogen) atoms. The molecule has 0 atom stereocenters. The van der Waals surface area contributed by atoms with Crippen LogP contribution in [0.5, 0.6) is 23.0 Å². The molecule has 0 aliphatic carbocycles. The summed E-state index contributed by atoms with van der Waals surface area (Å²) in [6.45, 7) is 0. The highest BCUT2D eigenvalue weighted by atomic mass is 16.6. The van der Waals surface area contributed by atoms with Gasteiger partial charge in [-0.1, -0.05) is 0 Å². The second kappa shape index (κ2) is 8.05. The van der Waals surface area contributed by atoms with Crippen molar-refractivity contribution in [2.75, 3.05) is 28.4 Å². The van der Waals surface area contributed by atoms with Crippen LogP contribution in [0.15, 0.2) is 36.4 Å². The van der Waals surface area contributed by atoms with E-state index in [1.807, 2.05) is 0 Å². The van der Waals surface area contributed by atoms with Gasteiger partial charge >= 0.3 is 0 Å². The van der Waals surface area contributed by atoms with Crippen LogP contribution in [0, 0.1) is 10.1 Å². The lowest BCUT2D eigenvalue weighted by molar-refractivity contribution is -0.374. The van der Waals surface area contributed by atoms with Crippen molar-refractivity contribution in [2.24, 2.45) is 0 Å². The highest BCUT2D eigenvalue weighted by Gasteiger charge is 2.17. The molecule has 0 radical (unpaired) electrons. The van der Waals surface area contributed by atoms with Gasteiger partial charge < -0.3 is 18.9 Å². The first kappa shape index (κ1) is 18.1. The summed E-state index contributed by atoms with van der Waals surface area (Å²) in [6, 6.07) is 9.89. The summed E-state index contributed by atoms with van der Waals surface area (Å²) >= 11 is 0. The smallest absolute Gasteiger partial charge is 0.277 e. The van der Waals surface area contributed by atoms with Crippen molar-refractivity contribution >= 4 is 11.8 Å². The summed E-state index contributed by atoms with van der Waals surface area (Å²) in [6.07, 6.45) is 1.45. The topological polar surface area (TPSA) is 80.1 Å². The third kappa shape index (κ3) is 4.00. The van der Waals surface area contributed by atoms with Gasteiger partial charge in [-0.3, -0.25) is 10.1 Å². The zero-order valence-electron chi connectivity index (χ0n) is 14.4. The molecular weight excluding hydrogens is 326 g/mol. The molecule has 0 aliphatic rings. The molecule has 0 aliphatic heterocycles. The first-order valence-corrected chi connectivity index (χ1v) is 7.34. The Kier molecular flexibility index (Phi) is 5.84. The van der Waals surface area contributed by atoms with Crippen molar-refractivity contribution < 1.29 is 23.9 Å². The number of ether oxygens (including phenoxy) is 4. The van der Waals surface area contributed by atoms with E-state index in [0.717, 1.165) is 0 Å². The minimum absolute atomic E-state index is 0.0584. The van der Waals surface area contributed by atoms with Crippen LogP contribution in [-0.4, -0.2) is 33.4 Å². The van der Waals surface area contributed by atoms with Crippen molar-refractivity contribution in [3.8, 4) is 23.0 Å². The van der Waals surface area contributed by atoms with Gasteiger partial charge in [0.15, 0.2) is 11.5 Å². The largest absolute Gasteiger partial charge is 0.497 e. The SMILES string of the molecule is COc1ccc(C(=Cc2cc(OC)c(OC)c(OC)c2)[N+](=O)[O-])cc1. The Morgan fingerprint density at radius 3 is 1.88 bits per heavy atom. The van der Waals surface area contributed by atoms with E-state index in [1.54, 1.807) is 36.4 Å². The van der Waals surface area contributed by atoms with E-state index in [-0.39, 0.29) is 5.70 Å². The minimum atomic E-state index is -0.439. The van der Waals surface area contributed by atoms with Crippen molar-refractivity contribution in [1.29, 1.82) is 0 Å². The van der Waals surface area contributed by atoms with E-state index in [4.69, 9.17) is 18.9 Å². The molecular formula is C18H19NO6. The van der Waals surface area contributed by atoms with Gasteiger partial charge in [-0.15, -0.1) is 0 Å². The maximum Gasteiger partial charge on any atom is 0.277 e. The fourth-order valence-corrected chi connectivity index (χ4v) is 2.35. The van der Waals surface area contributed by atoms with E-state index in [0.29, 0.717) is 34.1 Å².